The van der Waals surface area contributed by atoms with E-state index in [1.54, 1.807) is 23.7 Å². The Bertz CT molecular complexity index is 1050. The van der Waals surface area contributed by atoms with Gasteiger partial charge in [0.05, 0.1) is 12.2 Å². The summed E-state index contributed by atoms with van der Waals surface area (Å²) < 4.78 is 30.1. The number of hydrogen-bond acceptors (Lipinski definition) is 5. The van der Waals surface area contributed by atoms with E-state index in [0.29, 0.717) is 17.3 Å². The number of halogens is 2. The fourth-order valence-electron chi connectivity index (χ4n) is 4.29. The summed E-state index contributed by atoms with van der Waals surface area (Å²) in [5.74, 6) is -2.13. The Hall–Kier alpha value is -3.04. The number of nitrogens with one attached hydrogen (secondary N) is 2. The molecule has 10 heteroatoms. The largest absolute Gasteiger partial charge is 0.354 e. The molecule has 1 saturated heterocycles. The van der Waals surface area contributed by atoms with E-state index in [2.05, 4.69) is 20.7 Å². The normalized spacial score (nSPS) is 20.3. The summed E-state index contributed by atoms with van der Waals surface area (Å²) in [4.78, 5) is 30.3. The van der Waals surface area contributed by atoms with Crippen LogP contribution in [0.2, 0.25) is 0 Å². The predicted octanol–water partition coefficient (Wildman–Crippen LogP) is 3.51. The molecule has 0 radical (unpaired) electrons. The third-order valence-electron chi connectivity index (χ3n) is 6.51. The first-order valence-corrected chi connectivity index (χ1v) is 11.3. The number of nitrogens with zero attached hydrogens (tertiary/aromatic N) is 4. The molecule has 1 aliphatic heterocycles. The molecule has 2 aromatic heterocycles. The monoisotopic (exact) mass is 460 g/mol. The van der Waals surface area contributed by atoms with Gasteiger partial charge in [0.2, 0.25) is 5.91 Å². The molecule has 1 aliphatic carbocycles. The molecular weight excluding hydrogens is 430 g/mol. The van der Waals surface area contributed by atoms with Crippen LogP contribution in [0.5, 0.6) is 0 Å². The number of amides is 2. The van der Waals surface area contributed by atoms with Crippen LogP contribution in [-0.4, -0.2) is 56.5 Å². The number of alkyl halides is 2. The number of rotatable bonds is 6. The van der Waals surface area contributed by atoms with Gasteiger partial charge in [0.15, 0.2) is 0 Å². The van der Waals surface area contributed by atoms with Gasteiger partial charge in [-0.15, -0.1) is 0 Å². The summed E-state index contributed by atoms with van der Waals surface area (Å²) >= 11 is 0. The smallest absolute Gasteiger partial charge is 0.273 e. The molecule has 178 valence electrons. The molecule has 2 amide bonds. The van der Waals surface area contributed by atoms with Crippen LogP contribution in [0.1, 0.15) is 66.7 Å². The molecule has 33 heavy (non-hydrogen) atoms. The zero-order valence-corrected chi connectivity index (χ0v) is 19.2. The van der Waals surface area contributed by atoms with Gasteiger partial charge < -0.3 is 15.5 Å². The maximum absolute atomic E-state index is 14.2. The molecule has 2 fully saturated rings. The van der Waals surface area contributed by atoms with E-state index in [4.69, 9.17) is 0 Å². The summed E-state index contributed by atoms with van der Waals surface area (Å²) in [6, 6.07) is 4.97. The third kappa shape index (κ3) is 5.15. The van der Waals surface area contributed by atoms with Crippen LogP contribution >= 0.6 is 0 Å². The van der Waals surface area contributed by atoms with E-state index >= 15 is 0 Å². The SMILES string of the molecule is CC(=O)NC[C@H]1CCC(F)(F)CN1C(=O)c1nc(Nc2cc(C3CCC3)nn2C)ccc1C. The molecule has 4 rings (SSSR count). The van der Waals surface area contributed by atoms with Gasteiger partial charge in [0, 0.05) is 45.0 Å². The van der Waals surface area contributed by atoms with Crippen LogP contribution in [-0.2, 0) is 11.8 Å². The highest BCUT2D eigenvalue weighted by molar-refractivity contribution is 5.94. The van der Waals surface area contributed by atoms with E-state index < -0.39 is 24.4 Å². The molecule has 0 spiro atoms. The Labute approximate surface area is 191 Å². The first-order valence-electron chi connectivity index (χ1n) is 11.3. The molecule has 1 atom stereocenters. The number of carbonyl (C=O) groups is 2. The van der Waals surface area contributed by atoms with Crippen molar-refractivity contribution in [3.63, 3.8) is 0 Å². The number of aryl methyl sites for hydroxylation is 2. The molecule has 2 aliphatic rings. The topological polar surface area (TPSA) is 92.2 Å². The zero-order valence-electron chi connectivity index (χ0n) is 19.2. The second-order valence-electron chi connectivity index (χ2n) is 9.11. The Morgan fingerprint density at radius 2 is 2.00 bits per heavy atom. The molecule has 1 saturated carbocycles. The van der Waals surface area contributed by atoms with Crippen molar-refractivity contribution in [1.82, 2.24) is 25.0 Å². The van der Waals surface area contributed by atoms with Gasteiger partial charge in [-0.05, 0) is 37.8 Å². The Balaban J connectivity index is 1.56. The third-order valence-corrected chi connectivity index (χ3v) is 6.51. The second kappa shape index (κ2) is 9.07. The highest BCUT2D eigenvalue weighted by Gasteiger charge is 2.42. The standard InChI is InChI=1S/C23H30F2N6O2/c1-14-7-8-19(27-20-11-18(29-30(20)3)16-5-4-6-16)28-21(14)22(33)31-13-23(24,25)10-9-17(31)12-26-15(2)32/h7-8,11,16-17H,4-6,9-10,12-13H2,1-3H3,(H,26,32)(H,27,28)/t17-/m1/s1. The number of aromatic nitrogens is 3. The molecule has 8 nitrogen and oxygen atoms in total. The van der Waals surface area contributed by atoms with E-state index in [1.165, 1.54) is 13.3 Å². The van der Waals surface area contributed by atoms with Crippen molar-refractivity contribution in [3.8, 4) is 0 Å². The number of piperidine rings is 1. The van der Waals surface area contributed by atoms with Crippen molar-refractivity contribution in [3.05, 3.63) is 35.2 Å². The first kappa shape index (κ1) is 23.1. The lowest BCUT2D eigenvalue weighted by Crippen LogP contribution is -2.55. The zero-order chi connectivity index (χ0) is 23.8. The van der Waals surface area contributed by atoms with Crippen LogP contribution < -0.4 is 10.6 Å². The molecule has 0 aromatic carbocycles. The Morgan fingerprint density at radius 1 is 1.24 bits per heavy atom. The van der Waals surface area contributed by atoms with Crippen molar-refractivity contribution in [2.75, 3.05) is 18.4 Å². The molecular formula is C23H30F2N6O2. The van der Waals surface area contributed by atoms with Gasteiger partial charge in [-0.1, -0.05) is 12.5 Å². The van der Waals surface area contributed by atoms with Crippen LogP contribution in [0.15, 0.2) is 18.2 Å². The highest BCUT2D eigenvalue weighted by Crippen LogP contribution is 2.36. The van der Waals surface area contributed by atoms with Crippen molar-refractivity contribution < 1.29 is 18.4 Å². The lowest BCUT2D eigenvalue weighted by Gasteiger charge is -2.39. The summed E-state index contributed by atoms with van der Waals surface area (Å²) in [5, 5.41) is 10.4. The number of carbonyl (C=O) groups excluding carboxylic acids is 2. The van der Waals surface area contributed by atoms with Gasteiger partial charge in [-0.2, -0.15) is 5.10 Å². The average Bonchev–Trinajstić information content (AvgIpc) is 3.05. The second-order valence-corrected chi connectivity index (χ2v) is 9.11. The van der Waals surface area contributed by atoms with Crippen molar-refractivity contribution >= 4 is 23.5 Å². The number of hydrogen-bond donors (Lipinski definition) is 2. The first-order chi connectivity index (χ1) is 15.6. The summed E-state index contributed by atoms with van der Waals surface area (Å²) in [5.41, 5.74) is 1.75. The predicted molar refractivity (Wildman–Crippen MR) is 120 cm³/mol. The van der Waals surface area contributed by atoms with Crippen LogP contribution in [0, 0.1) is 6.92 Å². The quantitative estimate of drug-likeness (QED) is 0.688. The fraction of sp³-hybridized carbons (Fsp3) is 0.565. The van der Waals surface area contributed by atoms with Crippen molar-refractivity contribution in [2.24, 2.45) is 7.05 Å². The summed E-state index contributed by atoms with van der Waals surface area (Å²) in [6.07, 6.45) is 3.28. The molecule has 3 heterocycles. The van der Waals surface area contributed by atoms with E-state index in [1.807, 2.05) is 13.1 Å². The fourth-order valence-corrected chi connectivity index (χ4v) is 4.29. The molecule has 0 bridgehead atoms. The van der Waals surface area contributed by atoms with Crippen LogP contribution in [0.3, 0.4) is 0 Å². The summed E-state index contributed by atoms with van der Waals surface area (Å²) in [7, 11) is 1.84. The minimum absolute atomic E-state index is 0.106. The van der Waals surface area contributed by atoms with Gasteiger partial charge in [0.1, 0.15) is 17.3 Å². The van der Waals surface area contributed by atoms with E-state index in [9.17, 15) is 18.4 Å². The number of pyridine rings is 1. The van der Waals surface area contributed by atoms with Gasteiger partial charge >= 0.3 is 0 Å². The maximum Gasteiger partial charge on any atom is 0.273 e. The van der Waals surface area contributed by atoms with Gasteiger partial charge in [-0.25, -0.2) is 13.8 Å². The van der Waals surface area contributed by atoms with Crippen LogP contribution in [0.4, 0.5) is 20.4 Å². The minimum atomic E-state index is -2.97. The van der Waals surface area contributed by atoms with E-state index in [0.717, 1.165) is 29.3 Å². The molecule has 2 N–H and O–H groups in total. The minimum Gasteiger partial charge on any atom is -0.354 e. The Kier molecular flexibility index (Phi) is 6.36. The van der Waals surface area contributed by atoms with E-state index in [-0.39, 0.29) is 31.0 Å². The Morgan fingerprint density at radius 3 is 2.67 bits per heavy atom. The van der Waals surface area contributed by atoms with Gasteiger partial charge in [-0.3, -0.25) is 14.3 Å². The van der Waals surface area contributed by atoms with Crippen molar-refractivity contribution in [1.29, 1.82) is 0 Å². The lowest BCUT2D eigenvalue weighted by atomic mass is 9.83. The summed E-state index contributed by atoms with van der Waals surface area (Å²) in [6.45, 7) is 2.53. The maximum atomic E-state index is 14.2. The van der Waals surface area contributed by atoms with Gasteiger partial charge in [0.25, 0.3) is 11.8 Å². The highest BCUT2D eigenvalue weighted by atomic mass is 19.3. The number of anilines is 2. The number of likely N-dealkylation sites (tertiary alicyclic amines) is 1. The average molecular weight is 461 g/mol. The van der Waals surface area contributed by atoms with Crippen molar-refractivity contribution in [2.45, 2.75) is 63.8 Å². The lowest BCUT2D eigenvalue weighted by molar-refractivity contribution is -0.119. The molecule has 0 unspecified atom stereocenters. The van der Waals surface area contributed by atoms with Crippen LogP contribution in [0.25, 0.3) is 0 Å². The molecule has 2 aromatic rings.